The second-order valence-electron chi connectivity index (χ2n) is 4.86. The molecule has 0 saturated carbocycles. The monoisotopic (exact) mass is 256 g/mol. The summed E-state index contributed by atoms with van der Waals surface area (Å²) in [5.74, 6) is 0.150. The molecule has 0 aliphatic heterocycles. The molecule has 0 amide bonds. The van der Waals surface area contributed by atoms with Crippen molar-refractivity contribution in [2.24, 2.45) is 7.05 Å². The number of aromatic nitrogens is 1. The number of Topliss-reactive ketones (excluding diaryl/α,β-unsaturated/α-hetero) is 1. The Hall–Kier alpha value is -1.87. The summed E-state index contributed by atoms with van der Waals surface area (Å²) in [5.41, 5.74) is 4.16. The molecule has 0 atom stereocenters. The SMILES string of the molecule is Cc1cc(C(=O)CNCc2ccccc2)c(C)n1C. The average Bonchev–Trinajstić information content (AvgIpc) is 2.68. The second kappa shape index (κ2) is 5.85. The lowest BCUT2D eigenvalue weighted by Gasteiger charge is -2.05. The Morgan fingerprint density at radius 2 is 1.89 bits per heavy atom. The Balaban J connectivity index is 1.93. The average molecular weight is 256 g/mol. The highest BCUT2D eigenvalue weighted by molar-refractivity contribution is 5.99. The van der Waals surface area contributed by atoms with E-state index in [-0.39, 0.29) is 5.78 Å². The van der Waals surface area contributed by atoms with Crippen LogP contribution in [0.5, 0.6) is 0 Å². The largest absolute Gasteiger partial charge is 0.351 e. The van der Waals surface area contributed by atoms with E-state index in [1.807, 2.05) is 49.7 Å². The van der Waals surface area contributed by atoms with Crippen LogP contribution in [0.1, 0.15) is 27.3 Å². The summed E-state index contributed by atoms with van der Waals surface area (Å²) in [5, 5.41) is 3.20. The highest BCUT2D eigenvalue weighted by atomic mass is 16.1. The molecule has 0 aliphatic rings. The van der Waals surface area contributed by atoms with Gasteiger partial charge in [0.1, 0.15) is 0 Å². The van der Waals surface area contributed by atoms with E-state index in [0.29, 0.717) is 6.54 Å². The van der Waals surface area contributed by atoms with Gasteiger partial charge in [-0.3, -0.25) is 4.79 Å². The first-order valence-electron chi connectivity index (χ1n) is 6.50. The number of nitrogens with zero attached hydrogens (tertiary/aromatic N) is 1. The molecular weight excluding hydrogens is 236 g/mol. The van der Waals surface area contributed by atoms with E-state index >= 15 is 0 Å². The minimum atomic E-state index is 0.150. The van der Waals surface area contributed by atoms with E-state index in [9.17, 15) is 4.79 Å². The van der Waals surface area contributed by atoms with Crippen molar-refractivity contribution in [2.45, 2.75) is 20.4 Å². The zero-order chi connectivity index (χ0) is 13.8. The van der Waals surface area contributed by atoms with Crippen LogP contribution in [0.2, 0.25) is 0 Å². The van der Waals surface area contributed by atoms with Gasteiger partial charge in [0.2, 0.25) is 0 Å². The van der Waals surface area contributed by atoms with Crippen molar-refractivity contribution in [1.82, 2.24) is 9.88 Å². The van der Waals surface area contributed by atoms with Crippen LogP contribution in [-0.4, -0.2) is 16.9 Å². The van der Waals surface area contributed by atoms with Crippen LogP contribution in [-0.2, 0) is 13.6 Å². The number of ketones is 1. The second-order valence-corrected chi connectivity index (χ2v) is 4.86. The summed E-state index contributed by atoms with van der Waals surface area (Å²) >= 11 is 0. The van der Waals surface area contributed by atoms with Crippen molar-refractivity contribution in [3.63, 3.8) is 0 Å². The fourth-order valence-corrected chi connectivity index (χ4v) is 2.15. The highest BCUT2D eigenvalue weighted by Gasteiger charge is 2.13. The number of rotatable bonds is 5. The molecule has 19 heavy (non-hydrogen) atoms. The van der Waals surface area contributed by atoms with Crippen molar-refractivity contribution < 1.29 is 4.79 Å². The van der Waals surface area contributed by atoms with Crippen LogP contribution in [0, 0.1) is 13.8 Å². The van der Waals surface area contributed by atoms with Gasteiger partial charge in [-0.1, -0.05) is 30.3 Å². The van der Waals surface area contributed by atoms with E-state index < -0.39 is 0 Å². The maximum Gasteiger partial charge on any atom is 0.178 e. The number of hydrogen-bond acceptors (Lipinski definition) is 2. The van der Waals surface area contributed by atoms with E-state index in [4.69, 9.17) is 0 Å². The predicted molar refractivity (Wildman–Crippen MR) is 77.4 cm³/mol. The van der Waals surface area contributed by atoms with Gasteiger partial charge < -0.3 is 9.88 Å². The Morgan fingerprint density at radius 1 is 1.21 bits per heavy atom. The molecule has 2 aromatic rings. The first kappa shape index (κ1) is 13.6. The van der Waals surface area contributed by atoms with Gasteiger partial charge in [-0.15, -0.1) is 0 Å². The van der Waals surface area contributed by atoms with Gasteiger partial charge in [0.25, 0.3) is 0 Å². The van der Waals surface area contributed by atoms with Crippen LogP contribution in [0.25, 0.3) is 0 Å². The summed E-state index contributed by atoms with van der Waals surface area (Å²) in [6.07, 6.45) is 0. The first-order valence-corrected chi connectivity index (χ1v) is 6.50. The lowest BCUT2D eigenvalue weighted by molar-refractivity contribution is 0.0990. The lowest BCUT2D eigenvalue weighted by Crippen LogP contribution is -2.22. The maximum absolute atomic E-state index is 12.1. The van der Waals surface area contributed by atoms with Crippen molar-refractivity contribution >= 4 is 5.78 Å². The maximum atomic E-state index is 12.1. The number of hydrogen-bond donors (Lipinski definition) is 1. The van der Waals surface area contributed by atoms with E-state index in [0.717, 1.165) is 23.5 Å². The smallest absolute Gasteiger partial charge is 0.178 e. The van der Waals surface area contributed by atoms with Crippen molar-refractivity contribution in [3.05, 3.63) is 58.9 Å². The van der Waals surface area contributed by atoms with E-state index in [1.54, 1.807) is 0 Å². The molecule has 2 rings (SSSR count). The minimum Gasteiger partial charge on any atom is -0.351 e. The molecule has 0 aliphatic carbocycles. The van der Waals surface area contributed by atoms with Gasteiger partial charge in [0, 0.05) is 30.5 Å². The summed E-state index contributed by atoms with van der Waals surface area (Å²) in [4.78, 5) is 12.1. The number of aryl methyl sites for hydroxylation is 1. The van der Waals surface area contributed by atoms with Crippen LogP contribution >= 0.6 is 0 Å². The summed E-state index contributed by atoms with van der Waals surface area (Å²) < 4.78 is 2.05. The zero-order valence-electron chi connectivity index (χ0n) is 11.7. The van der Waals surface area contributed by atoms with Crippen molar-refractivity contribution in [2.75, 3.05) is 6.54 Å². The highest BCUT2D eigenvalue weighted by Crippen LogP contribution is 2.13. The summed E-state index contributed by atoms with van der Waals surface area (Å²) in [7, 11) is 1.98. The molecule has 0 fully saturated rings. The molecule has 0 saturated heterocycles. The van der Waals surface area contributed by atoms with Gasteiger partial charge in [-0.05, 0) is 25.5 Å². The van der Waals surface area contributed by atoms with Gasteiger partial charge in [0.05, 0.1) is 6.54 Å². The van der Waals surface area contributed by atoms with Crippen LogP contribution in [0.15, 0.2) is 36.4 Å². The molecule has 1 heterocycles. The molecule has 1 aromatic heterocycles. The van der Waals surface area contributed by atoms with Gasteiger partial charge in [-0.25, -0.2) is 0 Å². The molecular formula is C16H20N2O. The zero-order valence-corrected chi connectivity index (χ0v) is 11.7. The van der Waals surface area contributed by atoms with E-state index in [2.05, 4.69) is 17.4 Å². The van der Waals surface area contributed by atoms with Crippen molar-refractivity contribution in [3.8, 4) is 0 Å². The van der Waals surface area contributed by atoms with Crippen LogP contribution in [0.3, 0.4) is 0 Å². The number of nitrogens with one attached hydrogen (secondary N) is 1. The number of carbonyl (C=O) groups excluding carboxylic acids is 1. The standard InChI is InChI=1S/C16H20N2O/c1-12-9-15(13(2)18(12)3)16(19)11-17-10-14-7-5-4-6-8-14/h4-9,17H,10-11H2,1-3H3. The third-order valence-corrected chi connectivity index (χ3v) is 3.53. The van der Waals surface area contributed by atoms with E-state index in [1.165, 1.54) is 5.56 Å². The third-order valence-electron chi connectivity index (χ3n) is 3.53. The Labute approximate surface area is 114 Å². The first-order chi connectivity index (χ1) is 9.09. The molecule has 100 valence electrons. The van der Waals surface area contributed by atoms with Crippen molar-refractivity contribution in [1.29, 1.82) is 0 Å². The number of benzene rings is 1. The summed E-state index contributed by atoms with van der Waals surface area (Å²) in [6.45, 7) is 5.09. The van der Waals surface area contributed by atoms with Gasteiger partial charge in [-0.2, -0.15) is 0 Å². The molecule has 0 radical (unpaired) electrons. The molecule has 3 nitrogen and oxygen atoms in total. The lowest BCUT2D eigenvalue weighted by atomic mass is 10.1. The molecule has 1 N–H and O–H groups in total. The normalized spacial score (nSPS) is 10.7. The third kappa shape index (κ3) is 3.12. The topological polar surface area (TPSA) is 34.0 Å². The summed E-state index contributed by atoms with van der Waals surface area (Å²) in [6, 6.07) is 12.1. The Kier molecular flexibility index (Phi) is 4.17. The predicted octanol–water partition coefficient (Wildman–Crippen LogP) is 2.61. The molecule has 0 spiro atoms. The quantitative estimate of drug-likeness (QED) is 0.834. The van der Waals surface area contributed by atoms with Crippen LogP contribution in [0.4, 0.5) is 0 Å². The fraction of sp³-hybridized carbons (Fsp3) is 0.312. The Morgan fingerprint density at radius 3 is 2.47 bits per heavy atom. The Bertz CT molecular complexity index is 570. The van der Waals surface area contributed by atoms with Gasteiger partial charge in [0.15, 0.2) is 5.78 Å². The molecule has 1 aromatic carbocycles. The van der Waals surface area contributed by atoms with Gasteiger partial charge >= 0.3 is 0 Å². The van der Waals surface area contributed by atoms with Crippen LogP contribution < -0.4 is 5.32 Å². The molecule has 0 bridgehead atoms. The fourth-order valence-electron chi connectivity index (χ4n) is 2.15. The number of carbonyl (C=O) groups is 1. The molecule has 0 unspecified atom stereocenters. The molecule has 3 heteroatoms. The minimum absolute atomic E-state index is 0.150.